The summed E-state index contributed by atoms with van der Waals surface area (Å²) in [5.41, 5.74) is 7.01. The number of aromatic nitrogens is 3. The molecule has 2 aromatic heterocycles. The molecule has 7 heteroatoms. The first-order valence-corrected chi connectivity index (χ1v) is 5.45. The highest BCUT2D eigenvalue weighted by Crippen LogP contribution is 2.25. The van der Waals surface area contributed by atoms with Crippen molar-refractivity contribution in [3.63, 3.8) is 0 Å². The average molecular weight is 234 g/mol. The van der Waals surface area contributed by atoms with E-state index in [1.807, 2.05) is 6.07 Å². The third-order valence-corrected chi connectivity index (χ3v) is 2.88. The van der Waals surface area contributed by atoms with Gasteiger partial charge in [0.25, 0.3) is 0 Å². The van der Waals surface area contributed by atoms with Gasteiger partial charge in [-0.1, -0.05) is 0 Å². The number of nitrogens with zero attached hydrogens (tertiary/aromatic N) is 3. The van der Waals surface area contributed by atoms with Gasteiger partial charge in [-0.05, 0) is 11.5 Å². The maximum atomic E-state index is 8.85. The number of nitrogen functional groups attached to an aromatic ring is 1. The quantitative estimate of drug-likeness (QED) is 0.731. The Balaban J connectivity index is 1.93. The van der Waals surface area contributed by atoms with E-state index in [2.05, 4.69) is 19.7 Å². The van der Waals surface area contributed by atoms with E-state index < -0.39 is 0 Å². The Kier molecular flexibility index (Phi) is 3.03. The van der Waals surface area contributed by atoms with Gasteiger partial charge in [-0.25, -0.2) is 4.98 Å². The van der Waals surface area contributed by atoms with Crippen LogP contribution in [0, 0.1) is 11.3 Å². The number of H-pyrrole nitrogens is 1. The number of nitrogens with one attached hydrogen (secondary N) is 2. The summed E-state index contributed by atoms with van der Waals surface area (Å²) in [6.07, 6.45) is 4.22. The van der Waals surface area contributed by atoms with Gasteiger partial charge in [0.1, 0.15) is 16.6 Å². The minimum Gasteiger partial charge on any atom is -0.382 e. The highest BCUT2D eigenvalue weighted by atomic mass is 32.1. The van der Waals surface area contributed by atoms with Gasteiger partial charge in [0.05, 0.1) is 6.33 Å². The van der Waals surface area contributed by atoms with Gasteiger partial charge in [0, 0.05) is 24.9 Å². The first-order valence-electron chi connectivity index (χ1n) is 4.67. The molecule has 0 saturated heterocycles. The molecule has 16 heavy (non-hydrogen) atoms. The minimum absolute atomic E-state index is 0.288. The molecule has 0 aliphatic rings. The van der Waals surface area contributed by atoms with Crippen molar-refractivity contribution >= 4 is 22.4 Å². The molecule has 2 heterocycles. The second-order valence-corrected chi connectivity index (χ2v) is 3.91. The zero-order valence-corrected chi connectivity index (χ0v) is 9.21. The third-order valence-electron chi connectivity index (χ3n) is 2.07. The molecule has 0 aliphatic carbocycles. The second-order valence-electron chi connectivity index (χ2n) is 3.14. The first kappa shape index (κ1) is 10.4. The van der Waals surface area contributed by atoms with Crippen LogP contribution in [-0.4, -0.2) is 20.9 Å². The minimum atomic E-state index is 0.288. The van der Waals surface area contributed by atoms with E-state index in [1.54, 1.807) is 12.5 Å². The van der Waals surface area contributed by atoms with Gasteiger partial charge in [-0.2, -0.15) is 9.64 Å². The molecule has 82 valence electrons. The van der Waals surface area contributed by atoms with Crippen molar-refractivity contribution in [2.24, 2.45) is 0 Å². The van der Waals surface area contributed by atoms with E-state index in [0.29, 0.717) is 12.1 Å². The second kappa shape index (κ2) is 4.63. The monoisotopic (exact) mass is 234 g/mol. The first-order chi connectivity index (χ1) is 7.81. The Hall–Kier alpha value is -2.07. The van der Waals surface area contributed by atoms with Crippen LogP contribution in [0.15, 0.2) is 12.5 Å². The lowest BCUT2D eigenvalue weighted by Crippen LogP contribution is -2.05. The number of aromatic amines is 1. The third kappa shape index (κ3) is 2.12. The molecule has 0 radical (unpaired) electrons. The summed E-state index contributed by atoms with van der Waals surface area (Å²) in [6, 6.07) is 2.03. The van der Waals surface area contributed by atoms with Crippen molar-refractivity contribution in [2.45, 2.75) is 6.42 Å². The Morgan fingerprint density at radius 2 is 2.50 bits per heavy atom. The summed E-state index contributed by atoms with van der Waals surface area (Å²) in [4.78, 5) is 6.92. The van der Waals surface area contributed by atoms with Crippen LogP contribution in [0.3, 0.4) is 0 Å². The summed E-state index contributed by atoms with van der Waals surface area (Å²) in [5.74, 6) is 0.288. The van der Waals surface area contributed by atoms with Gasteiger partial charge < -0.3 is 16.0 Å². The highest BCUT2D eigenvalue weighted by Gasteiger charge is 2.09. The molecule has 0 aromatic carbocycles. The Morgan fingerprint density at radius 3 is 3.19 bits per heavy atom. The Morgan fingerprint density at radius 1 is 1.62 bits per heavy atom. The van der Waals surface area contributed by atoms with Crippen molar-refractivity contribution in [1.82, 2.24) is 14.3 Å². The fourth-order valence-electron chi connectivity index (χ4n) is 1.26. The molecule has 0 saturated carbocycles. The topological polar surface area (TPSA) is 103 Å². The van der Waals surface area contributed by atoms with Crippen LogP contribution in [0.2, 0.25) is 0 Å². The molecule has 0 aliphatic heterocycles. The van der Waals surface area contributed by atoms with Crippen molar-refractivity contribution in [1.29, 1.82) is 5.26 Å². The number of imidazole rings is 1. The molecule has 0 bridgehead atoms. The molecule has 6 nitrogen and oxygen atoms in total. The van der Waals surface area contributed by atoms with Gasteiger partial charge in [-0.15, -0.1) is 0 Å². The van der Waals surface area contributed by atoms with E-state index in [-0.39, 0.29) is 5.82 Å². The van der Waals surface area contributed by atoms with Crippen LogP contribution in [0.25, 0.3) is 0 Å². The predicted octanol–water partition coefficient (Wildman–Crippen LogP) is 0.975. The molecule has 2 aromatic rings. The van der Waals surface area contributed by atoms with Crippen LogP contribution in [-0.2, 0) is 6.42 Å². The summed E-state index contributed by atoms with van der Waals surface area (Å²) in [7, 11) is 0. The molecule has 0 fully saturated rings. The largest absolute Gasteiger partial charge is 0.382 e. The summed E-state index contributed by atoms with van der Waals surface area (Å²) < 4.78 is 3.92. The molecule has 4 N–H and O–H groups in total. The van der Waals surface area contributed by atoms with Gasteiger partial charge in [0.2, 0.25) is 0 Å². The summed E-state index contributed by atoms with van der Waals surface area (Å²) in [5, 5.41) is 12.7. The van der Waals surface area contributed by atoms with Crippen LogP contribution < -0.4 is 11.1 Å². The van der Waals surface area contributed by atoms with Gasteiger partial charge >= 0.3 is 0 Å². The van der Waals surface area contributed by atoms with Crippen LogP contribution in [0.4, 0.5) is 10.8 Å². The zero-order chi connectivity index (χ0) is 11.4. The van der Waals surface area contributed by atoms with E-state index in [9.17, 15) is 0 Å². The maximum Gasteiger partial charge on any atom is 0.157 e. The molecule has 0 amide bonds. The smallest absolute Gasteiger partial charge is 0.157 e. The molecule has 0 spiro atoms. The number of hydrogen-bond acceptors (Lipinski definition) is 6. The average Bonchev–Trinajstić information content (AvgIpc) is 2.89. The number of rotatable bonds is 4. The number of hydrogen-bond donors (Lipinski definition) is 3. The maximum absolute atomic E-state index is 8.85. The van der Waals surface area contributed by atoms with E-state index in [1.165, 1.54) is 11.5 Å². The van der Waals surface area contributed by atoms with Crippen molar-refractivity contribution in [2.75, 3.05) is 17.6 Å². The van der Waals surface area contributed by atoms with Crippen LogP contribution in [0.1, 0.15) is 11.3 Å². The zero-order valence-electron chi connectivity index (χ0n) is 8.40. The lowest BCUT2D eigenvalue weighted by atomic mass is 10.3. The van der Waals surface area contributed by atoms with Crippen molar-refractivity contribution < 1.29 is 0 Å². The van der Waals surface area contributed by atoms with Gasteiger partial charge in [-0.3, -0.25) is 0 Å². The molecule has 2 rings (SSSR count). The Labute approximate surface area is 96.3 Å². The van der Waals surface area contributed by atoms with E-state index >= 15 is 0 Å². The summed E-state index contributed by atoms with van der Waals surface area (Å²) >= 11 is 1.20. The van der Waals surface area contributed by atoms with Crippen LogP contribution in [0.5, 0.6) is 0 Å². The lowest BCUT2D eigenvalue weighted by molar-refractivity contribution is 0.980. The highest BCUT2D eigenvalue weighted by molar-refractivity contribution is 7.10. The van der Waals surface area contributed by atoms with E-state index in [0.717, 1.165) is 17.1 Å². The predicted molar refractivity (Wildman–Crippen MR) is 62.0 cm³/mol. The Bertz CT molecular complexity index is 495. The normalized spacial score (nSPS) is 9.94. The fraction of sp³-hybridized carbons (Fsp3) is 0.222. The SMILES string of the molecule is N#Cc1c(N)nsc1NCCc1cnc[nH]1. The molecular weight excluding hydrogens is 224 g/mol. The lowest BCUT2D eigenvalue weighted by Gasteiger charge is -2.01. The van der Waals surface area contributed by atoms with E-state index in [4.69, 9.17) is 11.0 Å². The number of anilines is 2. The van der Waals surface area contributed by atoms with Crippen LogP contribution >= 0.6 is 11.5 Å². The number of nitrogens with two attached hydrogens (primary N) is 1. The van der Waals surface area contributed by atoms with Gasteiger partial charge in [0.15, 0.2) is 5.82 Å². The summed E-state index contributed by atoms with van der Waals surface area (Å²) in [6.45, 7) is 0.707. The molecule has 0 atom stereocenters. The van der Waals surface area contributed by atoms with Crippen molar-refractivity contribution in [3.8, 4) is 6.07 Å². The standard InChI is InChI=1S/C9H10N6S/c10-3-7-8(11)15-16-9(7)13-2-1-6-4-12-5-14-6/h4-5,13H,1-2H2,(H2,11,15)(H,12,14). The van der Waals surface area contributed by atoms with Crippen molar-refractivity contribution in [3.05, 3.63) is 23.8 Å². The molecule has 0 unspecified atom stereocenters. The number of nitriles is 1. The fourth-order valence-corrected chi connectivity index (χ4v) is 1.95. The molecular formula is C9H10N6S.